The summed E-state index contributed by atoms with van der Waals surface area (Å²) in [6, 6.07) is 8.54. The first-order chi connectivity index (χ1) is 6.84. The molecule has 1 nitrogen and oxygen atoms in total. The fourth-order valence-electron chi connectivity index (χ4n) is 1.90. The fraction of sp³-hybridized carbons (Fsp3) is 0.333. The van der Waals surface area contributed by atoms with E-state index in [1.807, 2.05) is 6.20 Å². The van der Waals surface area contributed by atoms with Crippen molar-refractivity contribution in [2.45, 2.75) is 18.2 Å². The molecule has 1 aliphatic carbocycles. The Kier molecular flexibility index (Phi) is 1.81. The molecule has 0 bridgehead atoms. The third kappa shape index (κ3) is 1.32. The van der Waals surface area contributed by atoms with Gasteiger partial charge in [0.2, 0.25) is 0 Å². The normalized spacial score (nSPS) is 18.6. The van der Waals surface area contributed by atoms with Crippen molar-refractivity contribution in [2.75, 3.05) is 0 Å². The highest BCUT2D eigenvalue weighted by molar-refractivity contribution is 6.21. The summed E-state index contributed by atoms with van der Waals surface area (Å²) in [4.78, 5) is 3.19. The molecular formula is C12H12ClN. The average Bonchev–Trinajstić information content (AvgIpc) is 2.95. The third-order valence-corrected chi connectivity index (χ3v) is 3.54. The van der Waals surface area contributed by atoms with Gasteiger partial charge < -0.3 is 4.98 Å². The van der Waals surface area contributed by atoms with Crippen LogP contribution in [-0.2, 0) is 0 Å². The Labute approximate surface area is 88.1 Å². The molecule has 0 spiro atoms. The van der Waals surface area contributed by atoms with Crippen LogP contribution >= 0.6 is 11.6 Å². The Morgan fingerprint density at radius 1 is 1.29 bits per heavy atom. The van der Waals surface area contributed by atoms with E-state index in [9.17, 15) is 0 Å². The van der Waals surface area contributed by atoms with E-state index in [1.165, 1.54) is 29.3 Å². The second kappa shape index (κ2) is 3.03. The largest absolute Gasteiger partial charge is 0.361 e. The van der Waals surface area contributed by atoms with Crippen LogP contribution in [0.1, 0.15) is 23.8 Å². The average molecular weight is 206 g/mol. The van der Waals surface area contributed by atoms with Crippen LogP contribution in [-0.4, -0.2) is 4.98 Å². The number of aromatic amines is 1. The number of fused-ring (bicyclic) bond motifs is 1. The van der Waals surface area contributed by atoms with E-state index in [0.717, 1.165) is 0 Å². The molecule has 0 amide bonds. The summed E-state index contributed by atoms with van der Waals surface area (Å²) < 4.78 is 0. The molecule has 1 heterocycles. The van der Waals surface area contributed by atoms with Gasteiger partial charge in [-0.2, -0.15) is 0 Å². The van der Waals surface area contributed by atoms with Crippen molar-refractivity contribution in [2.24, 2.45) is 5.92 Å². The second-order valence-corrected chi connectivity index (χ2v) is 4.53. The lowest BCUT2D eigenvalue weighted by Crippen LogP contribution is -1.91. The minimum atomic E-state index is 0.217. The first kappa shape index (κ1) is 8.37. The van der Waals surface area contributed by atoms with Gasteiger partial charge in [0.1, 0.15) is 0 Å². The van der Waals surface area contributed by atoms with Crippen molar-refractivity contribution in [3.63, 3.8) is 0 Å². The van der Waals surface area contributed by atoms with Crippen molar-refractivity contribution < 1.29 is 0 Å². The van der Waals surface area contributed by atoms with Gasteiger partial charge >= 0.3 is 0 Å². The molecule has 1 saturated carbocycles. The van der Waals surface area contributed by atoms with Crippen molar-refractivity contribution in [3.05, 3.63) is 36.0 Å². The van der Waals surface area contributed by atoms with E-state index in [0.29, 0.717) is 5.92 Å². The number of halogens is 1. The Hall–Kier alpha value is -0.950. The molecule has 1 aliphatic rings. The molecule has 0 radical (unpaired) electrons. The van der Waals surface area contributed by atoms with Crippen LogP contribution < -0.4 is 0 Å². The van der Waals surface area contributed by atoms with Gasteiger partial charge in [0.15, 0.2) is 0 Å². The van der Waals surface area contributed by atoms with Gasteiger partial charge in [0.25, 0.3) is 0 Å². The zero-order valence-corrected chi connectivity index (χ0v) is 8.59. The highest BCUT2D eigenvalue weighted by atomic mass is 35.5. The quantitative estimate of drug-likeness (QED) is 0.717. The molecule has 2 aromatic rings. The maximum atomic E-state index is 6.36. The third-order valence-electron chi connectivity index (χ3n) is 2.93. The molecule has 1 atom stereocenters. The number of alkyl halides is 1. The molecule has 1 fully saturated rings. The Morgan fingerprint density at radius 3 is 2.93 bits per heavy atom. The molecule has 2 heteroatoms. The van der Waals surface area contributed by atoms with Gasteiger partial charge in [0, 0.05) is 11.7 Å². The highest BCUT2D eigenvalue weighted by Gasteiger charge is 2.30. The minimum Gasteiger partial charge on any atom is -0.361 e. The Bertz CT molecular complexity index is 456. The SMILES string of the molecule is ClC(c1ccc2[nH]ccc2c1)C1CC1. The molecule has 1 aromatic heterocycles. The predicted molar refractivity (Wildman–Crippen MR) is 59.6 cm³/mol. The van der Waals surface area contributed by atoms with Crippen molar-refractivity contribution in [3.8, 4) is 0 Å². The van der Waals surface area contributed by atoms with Crippen molar-refractivity contribution in [1.29, 1.82) is 0 Å². The summed E-state index contributed by atoms with van der Waals surface area (Å²) in [5, 5.41) is 1.48. The molecule has 1 N–H and O–H groups in total. The van der Waals surface area contributed by atoms with E-state index < -0.39 is 0 Å². The molecule has 0 saturated heterocycles. The van der Waals surface area contributed by atoms with Gasteiger partial charge in [-0.15, -0.1) is 11.6 Å². The van der Waals surface area contributed by atoms with Crippen LogP contribution in [0.4, 0.5) is 0 Å². The van der Waals surface area contributed by atoms with Gasteiger partial charge in [-0.05, 0) is 47.9 Å². The number of H-pyrrole nitrogens is 1. The second-order valence-electron chi connectivity index (χ2n) is 4.06. The number of hydrogen-bond acceptors (Lipinski definition) is 0. The zero-order valence-electron chi connectivity index (χ0n) is 7.83. The number of aromatic nitrogens is 1. The molecule has 0 aliphatic heterocycles. The first-order valence-electron chi connectivity index (χ1n) is 5.06. The van der Waals surface area contributed by atoms with E-state index in [4.69, 9.17) is 11.6 Å². The molecular weight excluding hydrogens is 194 g/mol. The van der Waals surface area contributed by atoms with Crippen LogP contribution in [0.25, 0.3) is 10.9 Å². The summed E-state index contributed by atoms with van der Waals surface area (Å²) in [6.45, 7) is 0. The first-order valence-corrected chi connectivity index (χ1v) is 5.49. The van der Waals surface area contributed by atoms with Gasteiger partial charge in [0.05, 0.1) is 5.38 Å². The zero-order chi connectivity index (χ0) is 9.54. The summed E-state index contributed by atoms with van der Waals surface area (Å²) in [5.74, 6) is 0.716. The number of benzene rings is 1. The van der Waals surface area contributed by atoms with Crippen LogP contribution in [0.3, 0.4) is 0 Å². The van der Waals surface area contributed by atoms with Gasteiger partial charge in [-0.25, -0.2) is 0 Å². The monoisotopic (exact) mass is 205 g/mol. The summed E-state index contributed by atoms with van der Waals surface area (Å²) in [5.41, 5.74) is 2.45. The van der Waals surface area contributed by atoms with Crippen LogP contribution in [0.2, 0.25) is 0 Å². The molecule has 1 aromatic carbocycles. The van der Waals surface area contributed by atoms with Crippen LogP contribution in [0, 0.1) is 5.92 Å². The van der Waals surface area contributed by atoms with E-state index in [1.54, 1.807) is 0 Å². The van der Waals surface area contributed by atoms with Crippen molar-refractivity contribution >= 4 is 22.5 Å². The highest BCUT2D eigenvalue weighted by Crippen LogP contribution is 2.45. The maximum Gasteiger partial charge on any atom is 0.0613 e. The Morgan fingerprint density at radius 2 is 2.14 bits per heavy atom. The molecule has 3 rings (SSSR count). The maximum absolute atomic E-state index is 6.36. The van der Waals surface area contributed by atoms with Gasteiger partial charge in [-0.1, -0.05) is 6.07 Å². The van der Waals surface area contributed by atoms with Crippen molar-refractivity contribution in [1.82, 2.24) is 4.98 Å². The van der Waals surface area contributed by atoms with Crippen LogP contribution in [0.5, 0.6) is 0 Å². The molecule has 14 heavy (non-hydrogen) atoms. The number of hydrogen-bond donors (Lipinski definition) is 1. The molecule has 1 unspecified atom stereocenters. The lowest BCUT2D eigenvalue weighted by molar-refractivity contribution is 0.799. The summed E-state index contributed by atoms with van der Waals surface area (Å²) in [6.07, 6.45) is 4.55. The topological polar surface area (TPSA) is 15.8 Å². The lowest BCUT2D eigenvalue weighted by atomic mass is 10.1. The molecule has 72 valence electrons. The fourth-order valence-corrected chi connectivity index (χ4v) is 2.29. The number of rotatable bonds is 2. The predicted octanol–water partition coefficient (Wildman–Crippen LogP) is 3.86. The van der Waals surface area contributed by atoms with E-state index >= 15 is 0 Å². The standard InChI is InChI=1S/C12H12ClN/c13-12(8-1-2-8)10-3-4-11-9(7-10)5-6-14-11/h3-8,12,14H,1-2H2. The lowest BCUT2D eigenvalue weighted by Gasteiger charge is -2.07. The summed E-state index contributed by atoms with van der Waals surface area (Å²) in [7, 11) is 0. The number of nitrogens with one attached hydrogen (secondary N) is 1. The smallest absolute Gasteiger partial charge is 0.0613 e. The van der Waals surface area contributed by atoms with Crippen LogP contribution in [0.15, 0.2) is 30.5 Å². The van der Waals surface area contributed by atoms with E-state index in [2.05, 4.69) is 29.2 Å². The van der Waals surface area contributed by atoms with E-state index in [-0.39, 0.29) is 5.38 Å². The summed E-state index contributed by atoms with van der Waals surface area (Å²) >= 11 is 6.36. The van der Waals surface area contributed by atoms with Gasteiger partial charge in [-0.3, -0.25) is 0 Å². The Balaban J connectivity index is 2.03. The minimum absolute atomic E-state index is 0.217.